The quantitative estimate of drug-likeness (QED) is 0.866. The van der Waals surface area contributed by atoms with Gasteiger partial charge in [0.05, 0.1) is 12.3 Å². The molecule has 2 rings (SSSR count). The van der Waals surface area contributed by atoms with Crippen molar-refractivity contribution in [2.75, 3.05) is 31.6 Å². The Bertz CT molecular complexity index is 465. The van der Waals surface area contributed by atoms with Crippen LogP contribution in [-0.4, -0.2) is 47.1 Å². The number of carbonyl (C=O) groups excluding carboxylic acids is 1. The van der Waals surface area contributed by atoms with Gasteiger partial charge in [0, 0.05) is 39.0 Å². The molecule has 0 saturated carbocycles. The van der Waals surface area contributed by atoms with E-state index in [1.807, 2.05) is 11.1 Å². The van der Waals surface area contributed by atoms with Gasteiger partial charge in [0.25, 0.3) is 0 Å². The molecule has 1 aliphatic rings. The van der Waals surface area contributed by atoms with Crippen molar-refractivity contribution in [3.63, 3.8) is 0 Å². The number of amides is 1. The van der Waals surface area contributed by atoms with Gasteiger partial charge in [-0.2, -0.15) is 0 Å². The summed E-state index contributed by atoms with van der Waals surface area (Å²) in [4.78, 5) is 17.7. The van der Waals surface area contributed by atoms with Crippen LogP contribution < -0.4 is 5.32 Å². The third-order valence-corrected chi connectivity index (χ3v) is 4.05. The summed E-state index contributed by atoms with van der Waals surface area (Å²) in [5, 5.41) is 12.0. The Balaban J connectivity index is 1.90. The Morgan fingerprint density at radius 2 is 2.29 bits per heavy atom. The minimum Gasteiger partial charge on any atom is -0.395 e. The molecule has 1 fully saturated rings. The first kappa shape index (κ1) is 15.8. The Morgan fingerprint density at radius 1 is 1.43 bits per heavy atom. The van der Waals surface area contributed by atoms with Gasteiger partial charge in [0.15, 0.2) is 0 Å². The van der Waals surface area contributed by atoms with Crippen LogP contribution in [0.3, 0.4) is 0 Å². The molecule has 0 unspecified atom stereocenters. The molecule has 0 aromatic carbocycles. The first-order valence-electron chi connectivity index (χ1n) is 7.73. The van der Waals surface area contributed by atoms with Crippen molar-refractivity contribution in [2.24, 2.45) is 5.92 Å². The van der Waals surface area contributed by atoms with E-state index in [0.29, 0.717) is 12.5 Å². The van der Waals surface area contributed by atoms with Crippen molar-refractivity contribution in [1.82, 2.24) is 9.88 Å². The molecule has 1 saturated heterocycles. The van der Waals surface area contributed by atoms with Crippen LogP contribution in [0.25, 0.3) is 0 Å². The minimum absolute atomic E-state index is 0.119. The number of hydrogen-bond acceptors (Lipinski definition) is 4. The number of aliphatic hydroxyl groups excluding tert-OH is 1. The zero-order chi connectivity index (χ0) is 15.1. The molecule has 2 heterocycles. The topological polar surface area (TPSA) is 65.5 Å². The number of carbonyl (C=O) groups is 1. The molecule has 1 atom stereocenters. The van der Waals surface area contributed by atoms with Gasteiger partial charge < -0.3 is 15.3 Å². The van der Waals surface area contributed by atoms with Crippen molar-refractivity contribution < 1.29 is 9.90 Å². The standard InChI is InChI=1S/C16H25N3O2/c1-13(21)19-6-2-3-14(4-7-19)9-15-10-16(12-17-11-15)18-5-8-20/h10-12,14,18,20H,2-9H2,1H3/t14-/m0/s1. The molecular formula is C16H25N3O2. The number of likely N-dealkylation sites (tertiary alicyclic amines) is 1. The maximum atomic E-state index is 11.4. The van der Waals surface area contributed by atoms with Crippen molar-refractivity contribution >= 4 is 11.6 Å². The number of hydrogen-bond donors (Lipinski definition) is 2. The van der Waals surface area contributed by atoms with Crippen LogP contribution in [0.5, 0.6) is 0 Å². The maximum Gasteiger partial charge on any atom is 0.219 e. The van der Waals surface area contributed by atoms with Gasteiger partial charge in [-0.15, -0.1) is 0 Å². The molecule has 0 spiro atoms. The number of anilines is 1. The summed E-state index contributed by atoms with van der Waals surface area (Å²) in [6, 6.07) is 2.11. The lowest BCUT2D eigenvalue weighted by atomic mass is 9.93. The predicted octanol–water partition coefficient (Wildman–Crippen LogP) is 1.68. The maximum absolute atomic E-state index is 11.4. The summed E-state index contributed by atoms with van der Waals surface area (Å²) in [7, 11) is 0. The van der Waals surface area contributed by atoms with Crippen molar-refractivity contribution in [2.45, 2.75) is 32.6 Å². The molecular weight excluding hydrogens is 266 g/mol. The van der Waals surface area contributed by atoms with E-state index in [1.165, 1.54) is 5.56 Å². The smallest absolute Gasteiger partial charge is 0.219 e. The monoisotopic (exact) mass is 291 g/mol. The summed E-state index contributed by atoms with van der Waals surface area (Å²) < 4.78 is 0. The minimum atomic E-state index is 0.119. The fraction of sp³-hybridized carbons (Fsp3) is 0.625. The van der Waals surface area contributed by atoms with Gasteiger partial charge >= 0.3 is 0 Å². The highest BCUT2D eigenvalue weighted by molar-refractivity contribution is 5.73. The lowest BCUT2D eigenvalue weighted by molar-refractivity contribution is -0.128. The van der Waals surface area contributed by atoms with Gasteiger partial charge in [-0.3, -0.25) is 9.78 Å². The van der Waals surface area contributed by atoms with Gasteiger partial charge in [0.1, 0.15) is 0 Å². The molecule has 1 aromatic rings. The summed E-state index contributed by atoms with van der Waals surface area (Å²) in [6.07, 6.45) is 8.01. The molecule has 5 nitrogen and oxygen atoms in total. The van der Waals surface area contributed by atoms with E-state index < -0.39 is 0 Å². The molecule has 116 valence electrons. The lowest BCUT2D eigenvalue weighted by Gasteiger charge is -2.18. The van der Waals surface area contributed by atoms with E-state index >= 15 is 0 Å². The van der Waals surface area contributed by atoms with Gasteiger partial charge in [-0.1, -0.05) is 0 Å². The average Bonchev–Trinajstić information content (AvgIpc) is 2.71. The van der Waals surface area contributed by atoms with Gasteiger partial charge in [-0.05, 0) is 43.2 Å². The van der Waals surface area contributed by atoms with E-state index in [2.05, 4.69) is 16.4 Å². The van der Waals surface area contributed by atoms with E-state index in [4.69, 9.17) is 5.11 Å². The number of aromatic nitrogens is 1. The van der Waals surface area contributed by atoms with Crippen LogP contribution in [0.2, 0.25) is 0 Å². The third-order valence-electron chi connectivity index (χ3n) is 4.05. The Hall–Kier alpha value is -1.62. The van der Waals surface area contributed by atoms with E-state index in [-0.39, 0.29) is 12.5 Å². The summed E-state index contributed by atoms with van der Waals surface area (Å²) in [5.74, 6) is 0.803. The highest BCUT2D eigenvalue weighted by Gasteiger charge is 2.18. The van der Waals surface area contributed by atoms with Crippen molar-refractivity contribution in [1.29, 1.82) is 0 Å². The largest absolute Gasteiger partial charge is 0.395 e. The lowest BCUT2D eigenvalue weighted by Crippen LogP contribution is -2.29. The number of rotatable bonds is 5. The molecule has 0 aliphatic carbocycles. The first-order chi connectivity index (χ1) is 10.2. The highest BCUT2D eigenvalue weighted by Crippen LogP contribution is 2.22. The highest BCUT2D eigenvalue weighted by atomic mass is 16.3. The van der Waals surface area contributed by atoms with E-state index in [1.54, 1.807) is 13.1 Å². The van der Waals surface area contributed by atoms with Crippen LogP contribution in [0, 0.1) is 5.92 Å². The molecule has 0 bridgehead atoms. The van der Waals surface area contributed by atoms with Crippen molar-refractivity contribution in [3.8, 4) is 0 Å². The second kappa shape index (κ2) is 7.98. The van der Waals surface area contributed by atoms with Crippen LogP contribution in [0.4, 0.5) is 5.69 Å². The second-order valence-electron chi connectivity index (χ2n) is 5.74. The zero-order valence-corrected chi connectivity index (χ0v) is 12.7. The molecule has 1 aromatic heterocycles. The fourth-order valence-electron chi connectivity index (χ4n) is 2.91. The SMILES string of the molecule is CC(=O)N1CCC[C@H](Cc2cncc(NCCO)c2)CC1. The number of aliphatic hydroxyl groups is 1. The van der Waals surface area contributed by atoms with Gasteiger partial charge in [-0.25, -0.2) is 0 Å². The van der Waals surface area contributed by atoms with Gasteiger partial charge in [0.2, 0.25) is 5.91 Å². The van der Waals surface area contributed by atoms with E-state index in [0.717, 1.165) is 44.5 Å². The number of nitrogens with one attached hydrogen (secondary N) is 1. The summed E-state index contributed by atoms with van der Waals surface area (Å²) in [6.45, 7) is 4.08. The Morgan fingerprint density at radius 3 is 3.05 bits per heavy atom. The van der Waals surface area contributed by atoms with Crippen LogP contribution in [0.1, 0.15) is 31.7 Å². The predicted molar refractivity (Wildman–Crippen MR) is 83.1 cm³/mol. The fourth-order valence-corrected chi connectivity index (χ4v) is 2.91. The van der Waals surface area contributed by atoms with E-state index in [9.17, 15) is 4.79 Å². The van der Waals surface area contributed by atoms with Crippen LogP contribution in [0.15, 0.2) is 18.5 Å². The van der Waals surface area contributed by atoms with Crippen LogP contribution in [-0.2, 0) is 11.2 Å². The Labute approximate surface area is 126 Å². The Kier molecular flexibility index (Phi) is 5.99. The molecule has 1 aliphatic heterocycles. The molecule has 1 amide bonds. The molecule has 0 radical (unpaired) electrons. The normalized spacial score (nSPS) is 19.1. The first-order valence-corrected chi connectivity index (χ1v) is 7.73. The average molecular weight is 291 g/mol. The molecule has 5 heteroatoms. The summed E-state index contributed by atoms with van der Waals surface area (Å²) >= 11 is 0. The molecule has 21 heavy (non-hydrogen) atoms. The zero-order valence-electron chi connectivity index (χ0n) is 12.7. The molecule has 2 N–H and O–H groups in total. The number of pyridine rings is 1. The second-order valence-corrected chi connectivity index (χ2v) is 5.74. The summed E-state index contributed by atoms with van der Waals surface area (Å²) in [5.41, 5.74) is 2.18. The number of nitrogens with zero attached hydrogens (tertiary/aromatic N) is 2. The third kappa shape index (κ3) is 5.01. The van der Waals surface area contributed by atoms with Crippen LogP contribution >= 0.6 is 0 Å². The van der Waals surface area contributed by atoms with Crippen molar-refractivity contribution in [3.05, 3.63) is 24.0 Å².